The maximum absolute atomic E-state index is 11.9. The van der Waals surface area contributed by atoms with Crippen LogP contribution in [0.15, 0.2) is 36.9 Å². The fourth-order valence-electron chi connectivity index (χ4n) is 1.93. The Morgan fingerprint density at radius 2 is 2.35 bits per heavy atom. The molecule has 0 aliphatic carbocycles. The van der Waals surface area contributed by atoms with Gasteiger partial charge >= 0.3 is 0 Å². The minimum atomic E-state index is -0.459. The Kier molecular flexibility index (Phi) is 4.84. The van der Waals surface area contributed by atoms with E-state index in [1.807, 2.05) is 31.2 Å². The Morgan fingerprint density at radius 1 is 1.50 bits per heavy atom. The van der Waals surface area contributed by atoms with Gasteiger partial charge in [0.2, 0.25) is 5.91 Å². The van der Waals surface area contributed by atoms with E-state index in [-0.39, 0.29) is 5.91 Å². The average Bonchev–Trinajstić information content (AvgIpc) is 2.92. The Hall–Kier alpha value is -2.21. The third-order valence-electron chi connectivity index (χ3n) is 2.94. The van der Waals surface area contributed by atoms with Crippen molar-refractivity contribution in [1.29, 1.82) is 0 Å². The van der Waals surface area contributed by atoms with Gasteiger partial charge in [-0.1, -0.05) is 25.5 Å². The van der Waals surface area contributed by atoms with Gasteiger partial charge in [-0.25, -0.2) is 9.67 Å². The Labute approximate surface area is 118 Å². The lowest BCUT2D eigenvalue weighted by molar-refractivity contribution is -0.117. The molecular formula is C14H19N5O. The van der Waals surface area contributed by atoms with Gasteiger partial charge in [-0.05, 0) is 24.1 Å². The van der Waals surface area contributed by atoms with Crippen molar-refractivity contribution in [2.24, 2.45) is 5.73 Å². The van der Waals surface area contributed by atoms with Crippen molar-refractivity contribution in [3.63, 3.8) is 0 Å². The van der Waals surface area contributed by atoms with Gasteiger partial charge in [-0.3, -0.25) is 4.79 Å². The first-order valence-electron chi connectivity index (χ1n) is 6.67. The van der Waals surface area contributed by atoms with Gasteiger partial charge in [-0.2, -0.15) is 5.10 Å². The molecular weight excluding hydrogens is 254 g/mol. The summed E-state index contributed by atoms with van der Waals surface area (Å²) >= 11 is 0. The van der Waals surface area contributed by atoms with Crippen LogP contribution in [-0.2, 0) is 11.3 Å². The molecule has 1 amide bonds. The molecule has 0 spiro atoms. The summed E-state index contributed by atoms with van der Waals surface area (Å²) in [5.41, 5.74) is 7.58. The molecule has 1 unspecified atom stereocenters. The number of carbonyl (C=O) groups is 1. The predicted molar refractivity (Wildman–Crippen MR) is 77.1 cm³/mol. The first kappa shape index (κ1) is 14.2. The molecule has 0 bridgehead atoms. The second-order valence-electron chi connectivity index (χ2n) is 4.68. The summed E-state index contributed by atoms with van der Waals surface area (Å²) in [6.07, 6.45) is 4.73. The molecule has 0 aliphatic heterocycles. The van der Waals surface area contributed by atoms with Gasteiger partial charge in [0.1, 0.15) is 12.7 Å². The third-order valence-corrected chi connectivity index (χ3v) is 2.94. The highest BCUT2D eigenvalue weighted by Gasteiger charge is 2.12. The van der Waals surface area contributed by atoms with Crippen molar-refractivity contribution in [2.75, 3.05) is 5.32 Å². The molecule has 20 heavy (non-hydrogen) atoms. The summed E-state index contributed by atoms with van der Waals surface area (Å²) < 4.78 is 1.73. The zero-order valence-electron chi connectivity index (χ0n) is 11.5. The van der Waals surface area contributed by atoms with E-state index < -0.39 is 6.04 Å². The number of hydrogen-bond donors (Lipinski definition) is 2. The van der Waals surface area contributed by atoms with E-state index in [2.05, 4.69) is 15.4 Å². The van der Waals surface area contributed by atoms with Gasteiger partial charge < -0.3 is 11.1 Å². The number of carbonyl (C=O) groups excluding carboxylic acids is 1. The molecule has 2 aromatic rings. The standard InChI is InChI=1S/C14H19N5O/c1-2-4-13(15)14(20)18-12-6-3-5-11(7-12)8-19-10-16-9-17-19/h3,5-7,9-10,13H,2,4,8,15H2,1H3,(H,18,20). The topological polar surface area (TPSA) is 85.8 Å². The molecule has 0 fully saturated rings. The minimum absolute atomic E-state index is 0.148. The van der Waals surface area contributed by atoms with Crippen LogP contribution in [0.3, 0.4) is 0 Å². The number of amides is 1. The number of benzene rings is 1. The predicted octanol–water partition coefficient (Wildman–Crippen LogP) is 1.39. The molecule has 0 saturated heterocycles. The van der Waals surface area contributed by atoms with Crippen LogP contribution >= 0.6 is 0 Å². The molecule has 1 heterocycles. The van der Waals surface area contributed by atoms with Crippen LogP contribution in [0.5, 0.6) is 0 Å². The summed E-state index contributed by atoms with van der Waals surface area (Å²) in [7, 11) is 0. The highest BCUT2D eigenvalue weighted by Crippen LogP contribution is 2.12. The first-order valence-corrected chi connectivity index (χ1v) is 6.67. The lowest BCUT2D eigenvalue weighted by atomic mass is 10.1. The van der Waals surface area contributed by atoms with E-state index in [4.69, 9.17) is 5.73 Å². The molecule has 1 aromatic heterocycles. The van der Waals surface area contributed by atoms with Crippen LogP contribution in [0.1, 0.15) is 25.3 Å². The highest BCUT2D eigenvalue weighted by molar-refractivity contribution is 5.94. The Morgan fingerprint density at radius 3 is 3.05 bits per heavy atom. The van der Waals surface area contributed by atoms with Crippen LogP contribution in [0.25, 0.3) is 0 Å². The van der Waals surface area contributed by atoms with Crippen molar-refractivity contribution >= 4 is 11.6 Å². The number of nitrogens with two attached hydrogens (primary N) is 1. The summed E-state index contributed by atoms with van der Waals surface area (Å²) in [5, 5.41) is 6.89. The van der Waals surface area contributed by atoms with Crippen LogP contribution in [0.4, 0.5) is 5.69 Å². The summed E-state index contributed by atoms with van der Waals surface area (Å²) in [6.45, 7) is 2.62. The van der Waals surface area contributed by atoms with Gasteiger partial charge in [0.15, 0.2) is 0 Å². The molecule has 6 heteroatoms. The molecule has 0 aliphatic rings. The molecule has 1 atom stereocenters. The van der Waals surface area contributed by atoms with E-state index in [9.17, 15) is 4.79 Å². The lowest BCUT2D eigenvalue weighted by Gasteiger charge is -2.12. The molecule has 0 saturated carbocycles. The van der Waals surface area contributed by atoms with Crippen molar-refractivity contribution < 1.29 is 4.79 Å². The Balaban J connectivity index is 2.00. The van der Waals surface area contributed by atoms with Gasteiger partial charge in [0.25, 0.3) is 0 Å². The average molecular weight is 273 g/mol. The van der Waals surface area contributed by atoms with Crippen molar-refractivity contribution in [1.82, 2.24) is 14.8 Å². The summed E-state index contributed by atoms with van der Waals surface area (Å²) in [5.74, 6) is -0.148. The fraction of sp³-hybridized carbons (Fsp3) is 0.357. The van der Waals surface area contributed by atoms with E-state index in [0.29, 0.717) is 13.0 Å². The zero-order chi connectivity index (χ0) is 14.4. The maximum Gasteiger partial charge on any atom is 0.241 e. The maximum atomic E-state index is 11.9. The Bertz CT molecular complexity index is 552. The van der Waals surface area contributed by atoms with E-state index >= 15 is 0 Å². The SMILES string of the molecule is CCCC(N)C(=O)Nc1cccc(Cn2cncn2)c1. The summed E-state index contributed by atoms with van der Waals surface area (Å²) in [6, 6.07) is 7.18. The normalized spacial score (nSPS) is 12.1. The summed E-state index contributed by atoms with van der Waals surface area (Å²) in [4.78, 5) is 15.8. The van der Waals surface area contributed by atoms with Gasteiger partial charge in [0.05, 0.1) is 12.6 Å². The second kappa shape index (κ2) is 6.81. The molecule has 106 valence electrons. The first-order chi connectivity index (χ1) is 9.69. The largest absolute Gasteiger partial charge is 0.325 e. The van der Waals surface area contributed by atoms with Crippen LogP contribution < -0.4 is 11.1 Å². The zero-order valence-corrected chi connectivity index (χ0v) is 11.5. The number of nitrogens with one attached hydrogen (secondary N) is 1. The second-order valence-corrected chi connectivity index (χ2v) is 4.68. The minimum Gasteiger partial charge on any atom is -0.325 e. The van der Waals surface area contributed by atoms with Crippen LogP contribution in [0.2, 0.25) is 0 Å². The number of nitrogens with zero attached hydrogens (tertiary/aromatic N) is 3. The van der Waals surface area contributed by atoms with Crippen molar-refractivity contribution in [3.8, 4) is 0 Å². The quantitative estimate of drug-likeness (QED) is 0.832. The number of rotatable bonds is 6. The molecule has 6 nitrogen and oxygen atoms in total. The smallest absolute Gasteiger partial charge is 0.241 e. The monoisotopic (exact) mass is 273 g/mol. The van der Waals surface area contributed by atoms with Gasteiger partial charge in [-0.15, -0.1) is 0 Å². The molecule has 3 N–H and O–H groups in total. The molecule has 1 aromatic carbocycles. The molecule has 2 rings (SSSR count). The number of hydrogen-bond acceptors (Lipinski definition) is 4. The third kappa shape index (κ3) is 3.89. The molecule has 0 radical (unpaired) electrons. The lowest BCUT2D eigenvalue weighted by Crippen LogP contribution is -2.35. The van der Waals surface area contributed by atoms with Crippen molar-refractivity contribution in [2.45, 2.75) is 32.4 Å². The van der Waals surface area contributed by atoms with E-state index in [1.165, 1.54) is 6.33 Å². The van der Waals surface area contributed by atoms with Crippen molar-refractivity contribution in [3.05, 3.63) is 42.5 Å². The number of aromatic nitrogens is 3. The fourth-order valence-corrected chi connectivity index (χ4v) is 1.93. The highest BCUT2D eigenvalue weighted by atomic mass is 16.2. The van der Waals surface area contributed by atoms with Crippen LogP contribution in [0, 0.1) is 0 Å². The number of anilines is 1. The van der Waals surface area contributed by atoms with E-state index in [0.717, 1.165) is 17.7 Å². The van der Waals surface area contributed by atoms with Gasteiger partial charge in [0, 0.05) is 5.69 Å². The van der Waals surface area contributed by atoms with Crippen LogP contribution in [-0.4, -0.2) is 26.7 Å². The van der Waals surface area contributed by atoms with E-state index in [1.54, 1.807) is 11.0 Å².